The first-order valence-electron chi connectivity index (χ1n) is 14.8. The summed E-state index contributed by atoms with van der Waals surface area (Å²) >= 11 is 0. The normalized spacial score (nSPS) is 19.6. The molecule has 1 unspecified atom stereocenters. The lowest BCUT2D eigenvalue weighted by atomic mass is 9.79. The molecule has 5 rings (SSSR count). The van der Waals surface area contributed by atoms with Crippen molar-refractivity contribution in [2.45, 2.75) is 78.1 Å². The fourth-order valence-corrected chi connectivity index (χ4v) is 6.52. The Bertz CT molecular complexity index is 1880. The molecule has 0 radical (unpaired) electrons. The number of carbonyl (C=O) groups is 4. The lowest BCUT2D eigenvalue weighted by Crippen LogP contribution is -2.29. The summed E-state index contributed by atoms with van der Waals surface area (Å²) in [5.74, 6) is -1.17. The van der Waals surface area contributed by atoms with Gasteiger partial charge in [0, 0.05) is 46.2 Å². The number of nitrogens with zero attached hydrogens (tertiary/aromatic N) is 2. The molecule has 3 atom stereocenters. The first-order valence-corrected chi connectivity index (χ1v) is 14.8. The number of hydrogen-bond donors (Lipinski definition) is 2. The van der Waals surface area contributed by atoms with Crippen molar-refractivity contribution in [3.05, 3.63) is 69.3 Å². The van der Waals surface area contributed by atoms with Crippen molar-refractivity contribution in [2.75, 3.05) is 14.2 Å². The van der Waals surface area contributed by atoms with Gasteiger partial charge in [-0.05, 0) is 75.9 Å². The predicted octanol–water partition coefficient (Wildman–Crippen LogP) is 6.31. The van der Waals surface area contributed by atoms with Crippen molar-refractivity contribution in [3.63, 3.8) is 0 Å². The van der Waals surface area contributed by atoms with Crippen molar-refractivity contribution in [2.24, 2.45) is 0 Å². The van der Waals surface area contributed by atoms with Crippen LogP contribution in [0.2, 0.25) is 0 Å². The minimum absolute atomic E-state index is 0.00430. The zero-order chi connectivity index (χ0) is 32.1. The maximum atomic E-state index is 14.1. The number of nitrogens with one attached hydrogen (secondary N) is 2. The number of aromatic amines is 2. The average Bonchev–Trinajstić information content (AvgIpc) is 3.64. The molecule has 0 fully saturated rings. The second kappa shape index (κ2) is 11.5. The summed E-state index contributed by atoms with van der Waals surface area (Å²) in [6.07, 6.45) is 0.980. The van der Waals surface area contributed by atoms with Gasteiger partial charge in [-0.1, -0.05) is 13.8 Å². The molecule has 2 aliphatic heterocycles. The molecule has 0 aliphatic carbocycles. The summed E-state index contributed by atoms with van der Waals surface area (Å²) in [6.45, 7) is 11.2. The molecule has 0 aromatic carbocycles. The quantitative estimate of drug-likeness (QED) is 0.248. The molecule has 10 nitrogen and oxygen atoms in total. The lowest BCUT2D eigenvalue weighted by molar-refractivity contribution is -0.140. The molecule has 0 spiro atoms. The molecule has 8 bridgehead atoms. The second-order valence-electron chi connectivity index (χ2n) is 11.9. The van der Waals surface area contributed by atoms with Gasteiger partial charge in [0.1, 0.15) is 5.69 Å². The number of aromatic nitrogens is 4. The second-order valence-corrected chi connectivity index (χ2v) is 11.9. The van der Waals surface area contributed by atoms with Crippen molar-refractivity contribution in [1.82, 2.24) is 19.9 Å². The number of esters is 2. The fourth-order valence-electron chi connectivity index (χ4n) is 6.52. The number of fused-ring (bicyclic) bond motifs is 8. The van der Waals surface area contributed by atoms with Crippen LogP contribution in [0, 0.1) is 13.8 Å². The van der Waals surface area contributed by atoms with Gasteiger partial charge in [0.2, 0.25) is 0 Å². The SMILES string of the molecule is CC[C@H]1c2cc3[nH]c(cc4nc(cc5[nH]c(cc(n2)[C@@H]1C)c(C(C)=O)c5C)C(=O)C4(C)CCC(=O)OC)c(C(=O)OC)c3C. The summed E-state index contributed by atoms with van der Waals surface area (Å²) in [6, 6.07) is 7.21. The van der Waals surface area contributed by atoms with Crippen LogP contribution in [0.5, 0.6) is 0 Å². The van der Waals surface area contributed by atoms with Crippen LogP contribution in [0.4, 0.5) is 0 Å². The van der Waals surface area contributed by atoms with Crippen LogP contribution in [-0.2, 0) is 19.7 Å². The molecular weight excluding hydrogens is 560 g/mol. The Hall–Kier alpha value is -4.60. The van der Waals surface area contributed by atoms with Crippen molar-refractivity contribution in [1.29, 1.82) is 0 Å². The zero-order valence-electron chi connectivity index (χ0n) is 26.4. The lowest BCUT2D eigenvalue weighted by Gasteiger charge is -2.21. The van der Waals surface area contributed by atoms with E-state index in [0.717, 1.165) is 17.8 Å². The summed E-state index contributed by atoms with van der Waals surface area (Å²) in [4.78, 5) is 68.6. The van der Waals surface area contributed by atoms with Crippen LogP contribution >= 0.6 is 0 Å². The van der Waals surface area contributed by atoms with E-state index < -0.39 is 17.4 Å². The predicted molar refractivity (Wildman–Crippen MR) is 166 cm³/mol. The number of methoxy groups -OCH3 is 2. The van der Waals surface area contributed by atoms with E-state index in [1.54, 1.807) is 19.1 Å². The maximum Gasteiger partial charge on any atom is 0.340 e. The number of ether oxygens (including phenoxy) is 2. The summed E-state index contributed by atoms with van der Waals surface area (Å²) < 4.78 is 10.0. The third-order valence-electron chi connectivity index (χ3n) is 9.27. The number of H-pyrrole nitrogens is 2. The standard InChI is InChI=1S/C34H38N4O6/c1-9-20-16(2)21-13-25-30(19(5)39)17(3)23(36-25)14-27-32(41)34(6,11-10-29(40)43-7)28(38-27)15-26-31(33(42)44-8)18(4)22(37-26)12-24(20)35-21/h12-16,20,36-37H,9-11H2,1-8H3/t16-,20-,34?/m1/s1. The van der Waals surface area contributed by atoms with E-state index in [4.69, 9.17) is 19.4 Å². The van der Waals surface area contributed by atoms with Gasteiger partial charge in [0.15, 0.2) is 11.6 Å². The van der Waals surface area contributed by atoms with Gasteiger partial charge in [-0.2, -0.15) is 0 Å². The number of hydrogen-bond acceptors (Lipinski definition) is 8. The summed E-state index contributed by atoms with van der Waals surface area (Å²) in [5.41, 5.74) is 5.63. The molecule has 0 amide bonds. The zero-order valence-corrected chi connectivity index (χ0v) is 26.4. The summed E-state index contributed by atoms with van der Waals surface area (Å²) in [7, 11) is 2.63. The molecule has 44 heavy (non-hydrogen) atoms. The monoisotopic (exact) mass is 598 g/mol. The highest BCUT2D eigenvalue weighted by Crippen LogP contribution is 2.40. The largest absolute Gasteiger partial charge is 0.469 e. The van der Waals surface area contributed by atoms with E-state index in [1.807, 2.05) is 26.0 Å². The van der Waals surface area contributed by atoms with Gasteiger partial charge in [0.25, 0.3) is 0 Å². The average molecular weight is 599 g/mol. The van der Waals surface area contributed by atoms with Gasteiger partial charge in [-0.3, -0.25) is 19.4 Å². The van der Waals surface area contributed by atoms with E-state index in [-0.39, 0.29) is 41.9 Å². The van der Waals surface area contributed by atoms with E-state index in [9.17, 15) is 19.2 Å². The Morgan fingerprint density at radius 1 is 0.886 bits per heavy atom. The molecule has 10 heteroatoms. The van der Waals surface area contributed by atoms with E-state index in [0.29, 0.717) is 50.0 Å². The minimum atomic E-state index is -1.19. The molecule has 0 saturated carbocycles. The fraction of sp³-hybridized carbons (Fsp3) is 0.412. The molecule has 2 N–H and O–H groups in total. The Labute approximate surface area is 255 Å². The Balaban J connectivity index is 1.96. The number of ketones is 2. The Kier molecular flexibility index (Phi) is 8.05. The maximum absolute atomic E-state index is 14.1. The molecule has 0 saturated heterocycles. The van der Waals surface area contributed by atoms with Gasteiger partial charge in [-0.15, -0.1) is 0 Å². The summed E-state index contributed by atoms with van der Waals surface area (Å²) in [5, 5.41) is 0. The van der Waals surface area contributed by atoms with Crippen molar-refractivity contribution in [3.8, 4) is 0 Å². The van der Waals surface area contributed by atoms with Crippen LogP contribution in [0.1, 0.15) is 118 Å². The van der Waals surface area contributed by atoms with Crippen molar-refractivity contribution >= 4 is 45.6 Å². The van der Waals surface area contributed by atoms with Crippen LogP contribution in [-0.4, -0.2) is 57.7 Å². The van der Waals surface area contributed by atoms with Crippen LogP contribution in [0.25, 0.3) is 22.1 Å². The van der Waals surface area contributed by atoms with Crippen LogP contribution < -0.4 is 0 Å². The van der Waals surface area contributed by atoms with Crippen LogP contribution in [0.3, 0.4) is 0 Å². The number of rotatable bonds is 6. The van der Waals surface area contributed by atoms with Gasteiger partial charge in [-0.25, -0.2) is 9.78 Å². The molecular formula is C34H38N4O6. The highest BCUT2D eigenvalue weighted by molar-refractivity contribution is 6.08. The number of Topliss-reactive ketones (excluding diaryl/α,β-unsaturated/α-hetero) is 2. The van der Waals surface area contributed by atoms with Gasteiger partial charge in [0.05, 0.1) is 41.9 Å². The van der Waals surface area contributed by atoms with Crippen LogP contribution in [0.15, 0.2) is 24.3 Å². The molecule has 2 aliphatic rings. The minimum Gasteiger partial charge on any atom is -0.469 e. The van der Waals surface area contributed by atoms with E-state index in [2.05, 4.69) is 23.8 Å². The molecule has 3 aromatic heterocycles. The first-order chi connectivity index (χ1) is 20.8. The van der Waals surface area contributed by atoms with Gasteiger partial charge >= 0.3 is 11.9 Å². The van der Waals surface area contributed by atoms with E-state index in [1.165, 1.54) is 21.1 Å². The smallest absolute Gasteiger partial charge is 0.340 e. The van der Waals surface area contributed by atoms with Crippen molar-refractivity contribution < 1.29 is 28.7 Å². The Morgan fingerprint density at radius 3 is 2.11 bits per heavy atom. The third-order valence-corrected chi connectivity index (χ3v) is 9.27. The number of aryl methyl sites for hydroxylation is 2. The molecule has 230 valence electrons. The first kappa shape index (κ1) is 30.8. The molecule has 5 heterocycles. The highest BCUT2D eigenvalue weighted by Gasteiger charge is 2.43. The Morgan fingerprint density at radius 2 is 1.50 bits per heavy atom. The number of carbonyl (C=O) groups excluding carboxylic acids is 4. The van der Waals surface area contributed by atoms with Gasteiger partial charge < -0.3 is 19.4 Å². The van der Waals surface area contributed by atoms with E-state index >= 15 is 0 Å². The topological polar surface area (TPSA) is 144 Å². The molecule has 3 aromatic rings. The third kappa shape index (κ3) is 5.02. The highest BCUT2D eigenvalue weighted by atomic mass is 16.5.